The fraction of sp³-hybridized carbons (Fsp3) is 0. The van der Waals surface area contributed by atoms with E-state index in [1.165, 1.54) is 23.9 Å². The van der Waals surface area contributed by atoms with Gasteiger partial charge in [0.15, 0.2) is 0 Å². The number of non-ortho nitro benzene ring substituents is 1. The van der Waals surface area contributed by atoms with Crippen LogP contribution in [-0.2, 0) is 0 Å². The minimum atomic E-state index is -0.613. The van der Waals surface area contributed by atoms with Crippen molar-refractivity contribution in [1.29, 1.82) is 0 Å². The molecule has 0 aliphatic heterocycles. The van der Waals surface area contributed by atoms with Crippen LogP contribution in [0, 0.1) is 10.1 Å². The molecule has 0 radical (unpaired) electrons. The van der Waals surface area contributed by atoms with Crippen LogP contribution in [0.1, 0.15) is 0 Å². The number of nitro groups is 1. The zero-order chi connectivity index (χ0) is 17.1. The van der Waals surface area contributed by atoms with Gasteiger partial charge in [0.05, 0.1) is 10.6 Å². The summed E-state index contributed by atoms with van der Waals surface area (Å²) in [5.41, 5.74) is -0.609. The van der Waals surface area contributed by atoms with E-state index in [-0.39, 0.29) is 5.69 Å². The van der Waals surface area contributed by atoms with E-state index in [1.54, 1.807) is 36.4 Å². The minimum absolute atomic E-state index is 0.0400. The van der Waals surface area contributed by atoms with Crippen molar-refractivity contribution >= 4 is 17.4 Å². The molecule has 0 atom stereocenters. The molecule has 1 heterocycles. The molecule has 9 heteroatoms. The Labute approximate surface area is 138 Å². The van der Waals surface area contributed by atoms with Crippen molar-refractivity contribution in [3.8, 4) is 5.69 Å². The zero-order valence-corrected chi connectivity index (χ0v) is 12.9. The van der Waals surface area contributed by atoms with Crippen molar-refractivity contribution in [2.75, 3.05) is 0 Å². The summed E-state index contributed by atoms with van der Waals surface area (Å²) in [7, 11) is 0. The Balaban J connectivity index is 1.80. The molecule has 0 aliphatic carbocycles. The van der Waals surface area contributed by atoms with Gasteiger partial charge in [0.25, 0.3) is 11.2 Å². The molecule has 1 aromatic heterocycles. The average molecular weight is 342 g/mol. The number of hydrogen-bond donors (Lipinski definition) is 1. The summed E-state index contributed by atoms with van der Waals surface area (Å²) >= 11 is 1.43. The third kappa shape index (κ3) is 3.41. The molecular weight excluding hydrogens is 332 g/mol. The van der Waals surface area contributed by atoms with Gasteiger partial charge in [-0.05, 0) is 36.4 Å². The number of rotatable bonds is 4. The molecule has 24 heavy (non-hydrogen) atoms. The van der Waals surface area contributed by atoms with E-state index in [1.807, 2.05) is 0 Å². The summed E-state index contributed by atoms with van der Waals surface area (Å²) in [4.78, 5) is 36.8. The van der Waals surface area contributed by atoms with Crippen molar-refractivity contribution in [2.45, 2.75) is 9.79 Å². The lowest BCUT2D eigenvalue weighted by molar-refractivity contribution is -0.384. The highest BCUT2D eigenvalue weighted by atomic mass is 32.2. The Morgan fingerprint density at radius 2 is 1.58 bits per heavy atom. The van der Waals surface area contributed by atoms with Crippen molar-refractivity contribution in [3.63, 3.8) is 0 Å². The molecular formula is C15H10N4O4S. The molecule has 0 saturated carbocycles. The van der Waals surface area contributed by atoms with Crippen LogP contribution in [0.25, 0.3) is 5.69 Å². The highest BCUT2D eigenvalue weighted by Gasteiger charge is 2.06. The number of nitro benzene ring substituents is 1. The number of hydrogen-bond acceptors (Lipinski definition) is 6. The van der Waals surface area contributed by atoms with Crippen molar-refractivity contribution < 1.29 is 4.92 Å². The molecule has 2 aromatic carbocycles. The summed E-state index contributed by atoms with van der Waals surface area (Å²) in [6.07, 6.45) is 1.03. The first-order chi connectivity index (χ1) is 11.5. The quantitative estimate of drug-likeness (QED) is 0.573. The molecule has 0 aliphatic rings. The SMILES string of the molecule is O=c1cnn(-c2ccc(Sc3ccc([N+](=O)[O-])cc3)cc2)c(=O)[nH]1. The van der Waals surface area contributed by atoms with Crippen molar-refractivity contribution in [3.05, 3.63) is 85.7 Å². The Bertz CT molecular complexity index is 993. The Morgan fingerprint density at radius 3 is 2.12 bits per heavy atom. The van der Waals surface area contributed by atoms with Gasteiger partial charge in [0.2, 0.25) is 0 Å². The van der Waals surface area contributed by atoms with Crippen LogP contribution in [0.2, 0.25) is 0 Å². The monoisotopic (exact) mass is 342 g/mol. The highest BCUT2D eigenvalue weighted by molar-refractivity contribution is 7.99. The molecule has 120 valence electrons. The first-order valence-corrected chi connectivity index (χ1v) is 7.56. The van der Waals surface area contributed by atoms with Gasteiger partial charge >= 0.3 is 5.69 Å². The zero-order valence-electron chi connectivity index (χ0n) is 12.1. The third-order valence-corrected chi connectivity index (χ3v) is 4.09. The van der Waals surface area contributed by atoms with Gasteiger partial charge in [-0.3, -0.25) is 19.9 Å². The summed E-state index contributed by atoms with van der Waals surface area (Å²) in [5.74, 6) is 0. The maximum Gasteiger partial charge on any atom is 0.349 e. The maximum atomic E-state index is 11.7. The summed E-state index contributed by atoms with van der Waals surface area (Å²) in [6, 6.07) is 13.2. The van der Waals surface area contributed by atoms with E-state index in [4.69, 9.17) is 0 Å². The topological polar surface area (TPSA) is 111 Å². The number of H-pyrrole nitrogens is 1. The molecule has 1 N–H and O–H groups in total. The van der Waals surface area contributed by atoms with Crippen LogP contribution >= 0.6 is 11.8 Å². The Hall–Kier alpha value is -3.20. The van der Waals surface area contributed by atoms with E-state index in [0.717, 1.165) is 20.7 Å². The molecule has 8 nitrogen and oxygen atoms in total. The maximum absolute atomic E-state index is 11.7. The van der Waals surface area contributed by atoms with E-state index in [0.29, 0.717) is 5.69 Å². The standard InChI is InChI=1S/C15H10N4O4S/c20-14-9-16-18(15(21)17-14)10-1-5-12(6-2-10)24-13-7-3-11(4-8-13)19(22)23/h1-9H,(H,17,20,21). The van der Waals surface area contributed by atoms with Crippen LogP contribution in [0.5, 0.6) is 0 Å². The number of nitrogens with one attached hydrogen (secondary N) is 1. The molecule has 0 bridgehead atoms. The van der Waals surface area contributed by atoms with Crippen LogP contribution in [0.15, 0.2) is 74.1 Å². The fourth-order valence-electron chi connectivity index (χ4n) is 1.96. The molecule has 0 fully saturated rings. The normalized spacial score (nSPS) is 10.5. The van der Waals surface area contributed by atoms with Gasteiger partial charge < -0.3 is 0 Å². The molecule has 0 spiro atoms. The molecule has 3 rings (SSSR count). The number of nitrogens with zero attached hydrogens (tertiary/aromatic N) is 3. The summed E-state index contributed by atoms with van der Waals surface area (Å²) in [5, 5.41) is 14.4. The molecule has 0 unspecified atom stereocenters. The summed E-state index contributed by atoms with van der Waals surface area (Å²) in [6.45, 7) is 0. The highest BCUT2D eigenvalue weighted by Crippen LogP contribution is 2.29. The van der Waals surface area contributed by atoms with Gasteiger partial charge in [-0.15, -0.1) is 0 Å². The van der Waals surface area contributed by atoms with Crippen LogP contribution in [0.4, 0.5) is 5.69 Å². The van der Waals surface area contributed by atoms with Gasteiger partial charge in [-0.1, -0.05) is 11.8 Å². The van der Waals surface area contributed by atoms with Crippen molar-refractivity contribution in [1.82, 2.24) is 14.8 Å². The van der Waals surface area contributed by atoms with Gasteiger partial charge in [-0.2, -0.15) is 9.78 Å². The van der Waals surface area contributed by atoms with Crippen LogP contribution in [0.3, 0.4) is 0 Å². The van der Waals surface area contributed by atoms with Crippen molar-refractivity contribution in [2.24, 2.45) is 0 Å². The van der Waals surface area contributed by atoms with E-state index >= 15 is 0 Å². The van der Waals surface area contributed by atoms with Crippen LogP contribution < -0.4 is 11.2 Å². The first-order valence-electron chi connectivity index (χ1n) is 6.74. The Kier molecular flexibility index (Phi) is 4.25. The number of aromatic nitrogens is 3. The largest absolute Gasteiger partial charge is 0.349 e. The number of aromatic amines is 1. The fourth-order valence-corrected chi connectivity index (χ4v) is 2.78. The lowest BCUT2D eigenvalue weighted by atomic mass is 10.3. The van der Waals surface area contributed by atoms with E-state index < -0.39 is 16.2 Å². The van der Waals surface area contributed by atoms with E-state index in [9.17, 15) is 19.7 Å². The first kappa shape index (κ1) is 15.7. The lowest BCUT2D eigenvalue weighted by Gasteiger charge is -2.05. The third-order valence-electron chi connectivity index (χ3n) is 3.08. The van der Waals surface area contributed by atoms with Crippen LogP contribution in [-0.4, -0.2) is 19.7 Å². The second-order valence-corrected chi connectivity index (χ2v) is 5.84. The predicted molar refractivity (Wildman–Crippen MR) is 87.7 cm³/mol. The van der Waals surface area contributed by atoms with E-state index in [2.05, 4.69) is 10.1 Å². The second-order valence-electron chi connectivity index (χ2n) is 4.70. The Morgan fingerprint density at radius 1 is 1.00 bits per heavy atom. The smallest absolute Gasteiger partial charge is 0.271 e. The molecule has 3 aromatic rings. The predicted octanol–water partition coefficient (Wildman–Crippen LogP) is 1.98. The number of benzene rings is 2. The summed E-state index contributed by atoms with van der Waals surface area (Å²) < 4.78 is 1.09. The molecule has 0 saturated heterocycles. The van der Waals surface area contributed by atoms with Gasteiger partial charge in [0.1, 0.15) is 6.20 Å². The van der Waals surface area contributed by atoms with Gasteiger partial charge in [0, 0.05) is 21.9 Å². The lowest BCUT2D eigenvalue weighted by Crippen LogP contribution is -2.30. The second kappa shape index (κ2) is 6.50. The molecule has 0 amide bonds. The van der Waals surface area contributed by atoms with Gasteiger partial charge in [-0.25, -0.2) is 4.79 Å². The average Bonchev–Trinajstić information content (AvgIpc) is 2.56. The minimum Gasteiger partial charge on any atom is -0.271 e.